The summed E-state index contributed by atoms with van der Waals surface area (Å²) in [5, 5.41) is 23.3. The number of allylic oxidation sites excluding steroid dienone is 5. The Bertz CT molecular complexity index is 1260. The van der Waals surface area contributed by atoms with Crippen LogP contribution >= 0.6 is 0 Å². The van der Waals surface area contributed by atoms with Crippen LogP contribution in [0.2, 0.25) is 0 Å². The maximum absolute atomic E-state index is 12.6. The van der Waals surface area contributed by atoms with Crippen LogP contribution in [0.1, 0.15) is 438 Å². The van der Waals surface area contributed by atoms with Crippen molar-refractivity contribution in [2.24, 2.45) is 0 Å². The van der Waals surface area contributed by atoms with Crippen LogP contribution in [-0.4, -0.2) is 34.9 Å². The molecule has 0 aromatic heterocycles. The molecule has 0 aliphatic rings. The largest absolute Gasteiger partial charge is 0.394 e. The molecule has 0 aromatic rings. The van der Waals surface area contributed by atoms with Crippen LogP contribution in [0.25, 0.3) is 0 Å². The van der Waals surface area contributed by atoms with Gasteiger partial charge in [0.15, 0.2) is 0 Å². The summed E-state index contributed by atoms with van der Waals surface area (Å²) in [6.45, 7) is 4.35. The minimum atomic E-state index is -0.871. The summed E-state index contributed by atoms with van der Waals surface area (Å²) in [5.74, 6) is -0.0686. The van der Waals surface area contributed by atoms with Crippen molar-refractivity contribution in [1.82, 2.24) is 5.32 Å². The summed E-state index contributed by atoms with van der Waals surface area (Å²) < 4.78 is 0. The highest BCUT2D eigenvalue weighted by Gasteiger charge is 2.18. The van der Waals surface area contributed by atoms with Gasteiger partial charge in [0.2, 0.25) is 5.91 Å². The molecule has 1 amide bonds. The number of rotatable bonds is 72. The highest BCUT2D eigenvalue weighted by molar-refractivity contribution is 5.76. The summed E-state index contributed by atoms with van der Waals surface area (Å²) in [7, 11) is 0. The molecule has 4 heteroatoms. The van der Waals surface area contributed by atoms with E-state index in [2.05, 4.69) is 43.5 Å². The highest BCUT2D eigenvalue weighted by Crippen LogP contribution is 2.20. The average Bonchev–Trinajstić information content (AvgIpc) is 3.50. The van der Waals surface area contributed by atoms with Gasteiger partial charge in [0.05, 0.1) is 18.8 Å². The topological polar surface area (TPSA) is 69.6 Å². The van der Waals surface area contributed by atoms with E-state index in [9.17, 15) is 15.0 Å². The number of unbranched alkanes of at least 4 members (excludes halogenated alkanes) is 61. The zero-order chi connectivity index (χ0) is 59.1. The Labute approximate surface area is 516 Å². The lowest BCUT2D eigenvalue weighted by molar-refractivity contribution is -0.123. The Balaban J connectivity index is 3.42. The van der Waals surface area contributed by atoms with Crippen LogP contribution in [0, 0.1) is 0 Å². The van der Waals surface area contributed by atoms with Gasteiger partial charge in [0.25, 0.3) is 0 Å². The van der Waals surface area contributed by atoms with Crippen molar-refractivity contribution in [3.05, 3.63) is 36.5 Å². The second kappa shape index (κ2) is 73.9. The van der Waals surface area contributed by atoms with E-state index in [1.54, 1.807) is 6.08 Å². The summed E-state index contributed by atoms with van der Waals surface area (Å²) in [4.78, 5) is 12.6. The van der Waals surface area contributed by atoms with Crippen molar-refractivity contribution < 1.29 is 15.0 Å². The van der Waals surface area contributed by atoms with Crippen LogP contribution in [0.4, 0.5) is 0 Å². The molecule has 0 aromatic carbocycles. The van der Waals surface area contributed by atoms with Gasteiger partial charge in [-0.05, 0) is 44.9 Å². The first-order valence-corrected chi connectivity index (χ1v) is 38.2. The quantitative estimate of drug-likeness (QED) is 0.0420. The van der Waals surface area contributed by atoms with E-state index in [1.165, 1.54) is 379 Å². The van der Waals surface area contributed by atoms with Crippen molar-refractivity contribution in [3.63, 3.8) is 0 Å². The van der Waals surface area contributed by atoms with Crippen molar-refractivity contribution >= 4 is 5.91 Å². The van der Waals surface area contributed by atoms with Crippen LogP contribution in [0.3, 0.4) is 0 Å². The van der Waals surface area contributed by atoms with Crippen molar-refractivity contribution in [2.45, 2.75) is 450 Å². The molecule has 0 aliphatic carbocycles. The van der Waals surface area contributed by atoms with E-state index < -0.39 is 12.1 Å². The molecule has 0 fully saturated rings. The number of aliphatic hydroxyl groups excluding tert-OH is 2. The first-order valence-electron chi connectivity index (χ1n) is 38.2. The number of hydrogen-bond acceptors (Lipinski definition) is 3. The lowest BCUT2D eigenvalue weighted by Gasteiger charge is -2.19. The van der Waals surface area contributed by atoms with E-state index in [1.807, 2.05) is 6.08 Å². The molecular weight excluding hydrogens is 999 g/mol. The second-order valence-corrected chi connectivity index (χ2v) is 26.4. The molecule has 0 radical (unpaired) electrons. The zero-order valence-electron chi connectivity index (χ0n) is 56.3. The van der Waals surface area contributed by atoms with Gasteiger partial charge >= 0.3 is 0 Å². The van der Waals surface area contributed by atoms with E-state index in [-0.39, 0.29) is 12.5 Å². The van der Waals surface area contributed by atoms with E-state index in [0.29, 0.717) is 6.42 Å². The number of hydrogen-bond donors (Lipinski definition) is 3. The van der Waals surface area contributed by atoms with Gasteiger partial charge in [-0.15, -0.1) is 0 Å². The number of carbonyl (C=O) groups is 1. The third kappa shape index (κ3) is 69.4. The number of aliphatic hydroxyl groups is 2. The Morgan fingerprint density at radius 3 is 0.707 bits per heavy atom. The van der Waals surface area contributed by atoms with Crippen molar-refractivity contribution in [3.8, 4) is 0 Å². The van der Waals surface area contributed by atoms with Gasteiger partial charge in [-0.2, -0.15) is 0 Å². The molecule has 0 saturated carbocycles. The molecule has 82 heavy (non-hydrogen) atoms. The summed E-state index contributed by atoms with van der Waals surface area (Å²) >= 11 is 0. The standard InChI is InChI=1S/C78H151NO3/c1-3-5-7-9-11-13-15-17-19-21-23-25-27-29-31-33-35-36-37-38-39-40-41-42-44-46-48-50-52-54-56-58-60-62-64-66-68-70-72-74-78(82)79-76(75-80)77(81)73-71-69-67-65-63-61-59-57-55-53-51-49-47-45-43-34-32-30-28-26-24-22-20-18-16-14-12-10-8-6-4-2/h55,57,63,65,71,73,76-77,80-81H,3-54,56,58-62,64,66-70,72,74-75H2,1-2H3,(H,79,82)/b57-55+,65-63+,73-71+. The normalized spacial score (nSPS) is 12.8. The fraction of sp³-hybridized carbons (Fsp3) is 0.910. The van der Waals surface area contributed by atoms with Crippen LogP contribution in [0.15, 0.2) is 36.5 Å². The molecule has 486 valence electrons. The lowest BCUT2D eigenvalue weighted by atomic mass is 10.0. The molecule has 0 saturated heterocycles. The first-order chi connectivity index (χ1) is 40.7. The molecule has 2 unspecified atom stereocenters. The Kier molecular flexibility index (Phi) is 72.6. The van der Waals surface area contributed by atoms with Crippen molar-refractivity contribution in [2.75, 3.05) is 6.61 Å². The van der Waals surface area contributed by atoms with E-state index in [0.717, 1.165) is 38.5 Å². The van der Waals surface area contributed by atoms with Gasteiger partial charge in [-0.1, -0.05) is 423 Å². The zero-order valence-corrected chi connectivity index (χ0v) is 56.3. The predicted molar refractivity (Wildman–Crippen MR) is 369 cm³/mol. The first kappa shape index (κ1) is 80.6. The molecule has 2 atom stereocenters. The van der Waals surface area contributed by atoms with Gasteiger partial charge < -0.3 is 15.5 Å². The predicted octanol–water partition coefficient (Wildman–Crippen LogP) is 26.3. The molecule has 0 rings (SSSR count). The number of amides is 1. The SMILES string of the molecule is CCCCCCCCCCCCCCCCCCCCCCC/C=C/CC/C=C/CC/C=C/C(O)C(CO)NC(=O)CCCCCCCCCCCCCCCCCCCCCCCCCCCCCCCCCCCCCCCCC. The Hall–Kier alpha value is -1.39. The molecule has 0 aliphatic heterocycles. The third-order valence-electron chi connectivity index (χ3n) is 18.1. The maximum atomic E-state index is 12.6. The maximum Gasteiger partial charge on any atom is 0.220 e. The highest BCUT2D eigenvalue weighted by atomic mass is 16.3. The molecule has 0 heterocycles. The van der Waals surface area contributed by atoms with Gasteiger partial charge in [-0.25, -0.2) is 0 Å². The van der Waals surface area contributed by atoms with E-state index in [4.69, 9.17) is 0 Å². The number of nitrogens with one attached hydrogen (secondary N) is 1. The lowest BCUT2D eigenvalue weighted by Crippen LogP contribution is -2.45. The molecule has 3 N–H and O–H groups in total. The smallest absolute Gasteiger partial charge is 0.220 e. The van der Waals surface area contributed by atoms with Gasteiger partial charge in [0.1, 0.15) is 0 Å². The fourth-order valence-electron chi connectivity index (χ4n) is 12.3. The third-order valence-corrected chi connectivity index (χ3v) is 18.1. The summed E-state index contributed by atoms with van der Waals surface area (Å²) in [6.07, 6.45) is 103. The minimum absolute atomic E-state index is 0.0686. The molecule has 0 bridgehead atoms. The monoisotopic (exact) mass is 1150 g/mol. The molecule has 4 nitrogen and oxygen atoms in total. The minimum Gasteiger partial charge on any atom is -0.394 e. The second-order valence-electron chi connectivity index (χ2n) is 26.4. The molecular formula is C78H151NO3. The Morgan fingerprint density at radius 2 is 0.476 bits per heavy atom. The summed E-state index contributed by atoms with van der Waals surface area (Å²) in [5.41, 5.74) is 0. The van der Waals surface area contributed by atoms with Crippen LogP contribution in [-0.2, 0) is 4.79 Å². The van der Waals surface area contributed by atoms with E-state index >= 15 is 0 Å². The van der Waals surface area contributed by atoms with Gasteiger partial charge in [-0.3, -0.25) is 4.79 Å². The number of carbonyl (C=O) groups excluding carboxylic acids is 1. The Morgan fingerprint density at radius 1 is 0.280 bits per heavy atom. The fourth-order valence-corrected chi connectivity index (χ4v) is 12.3. The average molecular weight is 1150 g/mol. The molecule has 0 spiro atoms. The van der Waals surface area contributed by atoms with Crippen LogP contribution < -0.4 is 5.32 Å². The van der Waals surface area contributed by atoms with Crippen molar-refractivity contribution in [1.29, 1.82) is 0 Å². The summed E-state index contributed by atoms with van der Waals surface area (Å²) in [6, 6.07) is -0.646. The van der Waals surface area contributed by atoms with Gasteiger partial charge in [0, 0.05) is 6.42 Å². The van der Waals surface area contributed by atoms with Crippen LogP contribution in [0.5, 0.6) is 0 Å².